The van der Waals surface area contributed by atoms with E-state index in [1.807, 2.05) is 40.7 Å². The van der Waals surface area contributed by atoms with Crippen LogP contribution < -0.4 is 0 Å². The molecule has 1 aliphatic rings. The maximum Gasteiger partial charge on any atom is 0.170 e. The largest absolute Gasteiger partial charge is 0.285 e. The van der Waals surface area contributed by atoms with Gasteiger partial charge in [0.25, 0.3) is 0 Å². The molecule has 3 nitrogen and oxygen atoms in total. The molecule has 1 heterocycles. The monoisotopic (exact) mass is 195 g/mol. The summed E-state index contributed by atoms with van der Waals surface area (Å²) < 4.78 is 0. The fourth-order valence-electron chi connectivity index (χ4n) is 0.724. The van der Waals surface area contributed by atoms with E-state index in [2.05, 4.69) is 9.98 Å². The summed E-state index contributed by atoms with van der Waals surface area (Å²) in [6.07, 6.45) is 3.51. The van der Waals surface area contributed by atoms with Gasteiger partial charge in [-0.05, 0) is 18.6 Å². The van der Waals surface area contributed by atoms with E-state index in [1.165, 1.54) is 0 Å². The average Bonchev–Trinajstić information content (AvgIpc) is 2.27. The third kappa shape index (κ3) is 5.41. The van der Waals surface area contributed by atoms with Crippen molar-refractivity contribution in [3.05, 3.63) is 11.6 Å². The van der Waals surface area contributed by atoms with Gasteiger partial charge in [-0.2, -0.15) is 0 Å². The summed E-state index contributed by atoms with van der Waals surface area (Å²) in [5.41, 5.74) is 1.69. The van der Waals surface area contributed by atoms with E-state index in [0.29, 0.717) is 5.71 Å². The summed E-state index contributed by atoms with van der Waals surface area (Å²) in [5.74, 6) is 0.244. The normalized spacial score (nSPS) is 16.3. The zero-order chi connectivity index (χ0) is 11.6. The molecule has 0 saturated heterocycles. The standard InChI is InChI=1S/C7H9N3.2C2H6/c1-5-3-6(9-2)7(8)10-4-5;2*1-2/h3-4,8H,1-2H3;2*1-2H3. The van der Waals surface area contributed by atoms with Crippen LogP contribution in [0.4, 0.5) is 0 Å². The number of allylic oxidation sites excluding steroid dienone is 1. The Balaban J connectivity index is 0. The van der Waals surface area contributed by atoms with Gasteiger partial charge in [-0.15, -0.1) is 0 Å². The summed E-state index contributed by atoms with van der Waals surface area (Å²) in [5, 5.41) is 7.26. The lowest BCUT2D eigenvalue weighted by molar-refractivity contribution is 1.40. The molecule has 0 amide bonds. The Hall–Kier alpha value is -1.25. The highest BCUT2D eigenvalue weighted by Gasteiger charge is 2.04. The van der Waals surface area contributed by atoms with Gasteiger partial charge in [-0.1, -0.05) is 27.7 Å². The van der Waals surface area contributed by atoms with Gasteiger partial charge in [-0.25, -0.2) is 4.99 Å². The maximum absolute atomic E-state index is 7.26. The predicted octanol–water partition coefficient (Wildman–Crippen LogP) is 3.12. The van der Waals surface area contributed by atoms with Crippen molar-refractivity contribution in [2.24, 2.45) is 9.98 Å². The first kappa shape index (κ1) is 15.2. The number of nitrogens with zero attached hydrogens (tertiary/aromatic N) is 2. The van der Waals surface area contributed by atoms with Crippen molar-refractivity contribution in [1.82, 2.24) is 0 Å². The summed E-state index contributed by atoms with van der Waals surface area (Å²) in [6, 6.07) is 0. The van der Waals surface area contributed by atoms with Gasteiger partial charge in [0.2, 0.25) is 0 Å². The molecule has 0 atom stereocenters. The van der Waals surface area contributed by atoms with Gasteiger partial charge in [0.1, 0.15) is 5.71 Å². The topological polar surface area (TPSA) is 48.6 Å². The molecule has 0 fully saturated rings. The highest BCUT2D eigenvalue weighted by Crippen LogP contribution is 1.99. The molecule has 0 aromatic heterocycles. The van der Waals surface area contributed by atoms with E-state index >= 15 is 0 Å². The van der Waals surface area contributed by atoms with Crippen molar-refractivity contribution in [3.8, 4) is 0 Å². The van der Waals surface area contributed by atoms with Crippen LogP contribution in [-0.2, 0) is 0 Å². The van der Waals surface area contributed by atoms with E-state index in [1.54, 1.807) is 13.3 Å². The summed E-state index contributed by atoms with van der Waals surface area (Å²) >= 11 is 0. The third-order valence-corrected chi connectivity index (χ3v) is 1.25. The molecule has 0 unspecified atom stereocenters. The van der Waals surface area contributed by atoms with E-state index in [9.17, 15) is 0 Å². The Morgan fingerprint density at radius 3 is 2.07 bits per heavy atom. The second kappa shape index (κ2) is 9.84. The molecule has 3 heteroatoms. The van der Waals surface area contributed by atoms with Gasteiger partial charge in [0.05, 0.1) is 0 Å². The Morgan fingerprint density at radius 2 is 1.71 bits per heavy atom. The number of rotatable bonds is 0. The fourth-order valence-corrected chi connectivity index (χ4v) is 0.724. The van der Waals surface area contributed by atoms with Crippen LogP contribution in [0.2, 0.25) is 0 Å². The first-order valence-corrected chi connectivity index (χ1v) is 5.02. The quantitative estimate of drug-likeness (QED) is 0.617. The van der Waals surface area contributed by atoms with Gasteiger partial charge >= 0.3 is 0 Å². The number of hydrogen-bond donors (Lipinski definition) is 1. The number of nitrogens with one attached hydrogen (secondary N) is 1. The Morgan fingerprint density at radius 1 is 1.21 bits per heavy atom. The molecular formula is C11H21N3. The number of aliphatic imine (C=N–C) groups is 2. The average molecular weight is 195 g/mol. The lowest BCUT2D eigenvalue weighted by Gasteiger charge is -2.03. The highest BCUT2D eigenvalue weighted by atomic mass is 14.9. The molecule has 80 valence electrons. The fraction of sp³-hybridized carbons (Fsp3) is 0.545. The Labute approximate surface area is 87.2 Å². The first-order valence-electron chi connectivity index (χ1n) is 5.02. The molecule has 0 bridgehead atoms. The minimum atomic E-state index is 0.244. The summed E-state index contributed by atoms with van der Waals surface area (Å²) in [7, 11) is 1.66. The minimum absolute atomic E-state index is 0.244. The molecule has 1 N–H and O–H groups in total. The SMILES string of the molecule is CC.CC.CN=C1C=C(C)C=NC1=N. The van der Waals surface area contributed by atoms with Crippen LogP contribution >= 0.6 is 0 Å². The molecular weight excluding hydrogens is 174 g/mol. The van der Waals surface area contributed by atoms with Crippen molar-refractivity contribution in [2.75, 3.05) is 7.05 Å². The minimum Gasteiger partial charge on any atom is -0.285 e. The van der Waals surface area contributed by atoms with Crippen LogP contribution in [0.5, 0.6) is 0 Å². The van der Waals surface area contributed by atoms with Crippen molar-refractivity contribution in [2.45, 2.75) is 34.6 Å². The predicted molar refractivity (Wildman–Crippen MR) is 66.0 cm³/mol. The molecule has 0 radical (unpaired) electrons. The third-order valence-electron chi connectivity index (χ3n) is 1.25. The van der Waals surface area contributed by atoms with E-state index < -0.39 is 0 Å². The zero-order valence-corrected chi connectivity index (χ0v) is 10.0. The van der Waals surface area contributed by atoms with Crippen LogP contribution in [0.1, 0.15) is 34.6 Å². The highest BCUT2D eigenvalue weighted by molar-refractivity contribution is 6.47. The molecule has 0 aromatic rings. The lowest BCUT2D eigenvalue weighted by atomic mass is 10.2. The molecule has 1 rings (SSSR count). The van der Waals surface area contributed by atoms with Gasteiger partial charge in [0, 0.05) is 13.3 Å². The van der Waals surface area contributed by atoms with E-state index in [0.717, 1.165) is 5.57 Å². The Kier molecular flexibility index (Phi) is 10.7. The number of amidine groups is 1. The molecule has 14 heavy (non-hydrogen) atoms. The zero-order valence-electron chi connectivity index (χ0n) is 10.0. The summed E-state index contributed by atoms with van der Waals surface area (Å²) in [4.78, 5) is 7.70. The molecule has 0 saturated carbocycles. The molecule has 1 aliphatic heterocycles. The van der Waals surface area contributed by atoms with Crippen molar-refractivity contribution < 1.29 is 0 Å². The molecule has 0 spiro atoms. The van der Waals surface area contributed by atoms with Gasteiger partial charge in [0.15, 0.2) is 5.84 Å². The first-order chi connectivity index (χ1) is 6.74. The van der Waals surface area contributed by atoms with Crippen LogP contribution in [-0.4, -0.2) is 24.8 Å². The van der Waals surface area contributed by atoms with E-state index in [-0.39, 0.29) is 5.84 Å². The van der Waals surface area contributed by atoms with Crippen LogP contribution in [0, 0.1) is 5.41 Å². The lowest BCUT2D eigenvalue weighted by Crippen LogP contribution is -2.12. The Bertz CT molecular complexity index is 247. The second-order valence-corrected chi connectivity index (χ2v) is 2.10. The number of hydrogen-bond acceptors (Lipinski definition) is 2. The van der Waals surface area contributed by atoms with Gasteiger partial charge < -0.3 is 0 Å². The number of dihydropyridines is 1. The van der Waals surface area contributed by atoms with Crippen LogP contribution in [0.15, 0.2) is 21.6 Å². The van der Waals surface area contributed by atoms with Gasteiger partial charge in [-0.3, -0.25) is 10.4 Å². The second-order valence-electron chi connectivity index (χ2n) is 2.10. The van der Waals surface area contributed by atoms with Crippen molar-refractivity contribution >= 4 is 17.8 Å². The smallest absolute Gasteiger partial charge is 0.170 e. The molecule has 0 aliphatic carbocycles. The van der Waals surface area contributed by atoms with Crippen molar-refractivity contribution in [3.63, 3.8) is 0 Å². The van der Waals surface area contributed by atoms with Crippen molar-refractivity contribution in [1.29, 1.82) is 5.41 Å². The maximum atomic E-state index is 7.26. The van der Waals surface area contributed by atoms with Crippen LogP contribution in [0.3, 0.4) is 0 Å². The summed E-state index contributed by atoms with van der Waals surface area (Å²) in [6.45, 7) is 9.93. The van der Waals surface area contributed by atoms with E-state index in [4.69, 9.17) is 5.41 Å². The van der Waals surface area contributed by atoms with Crippen LogP contribution in [0.25, 0.3) is 0 Å². The molecule has 0 aromatic carbocycles.